The number of furan rings is 1. The van der Waals surface area contributed by atoms with Crippen molar-refractivity contribution in [2.75, 3.05) is 13.2 Å². The van der Waals surface area contributed by atoms with Crippen molar-refractivity contribution in [2.45, 2.75) is 11.3 Å². The van der Waals surface area contributed by atoms with E-state index in [2.05, 4.69) is 16.6 Å². The molecule has 1 aromatic carbocycles. The largest absolute Gasteiger partial charge is 0.469 e. The maximum atomic E-state index is 12.1. The first kappa shape index (κ1) is 15.3. The number of hydrogen-bond donors (Lipinski definition) is 2. The Hall–Kier alpha value is -2.07. The van der Waals surface area contributed by atoms with Gasteiger partial charge in [-0.1, -0.05) is 17.9 Å². The van der Waals surface area contributed by atoms with Gasteiger partial charge in [0.2, 0.25) is 10.0 Å². The van der Waals surface area contributed by atoms with Crippen LogP contribution in [0.5, 0.6) is 0 Å². The van der Waals surface area contributed by atoms with Gasteiger partial charge in [-0.15, -0.1) is 0 Å². The molecule has 0 amide bonds. The molecule has 1 heterocycles. The molecule has 5 nitrogen and oxygen atoms in total. The van der Waals surface area contributed by atoms with Gasteiger partial charge in [0, 0.05) is 18.5 Å². The fourth-order valence-electron chi connectivity index (χ4n) is 1.73. The van der Waals surface area contributed by atoms with Gasteiger partial charge in [0.25, 0.3) is 0 Å². The summed E-state index contributed by atoms with van der Waals surface area (Å²) in [6.45, 7) is -0.0131. The SMILES string of the molecule is O=S(=O)(NCCc1ccco1)c1cccc(C#CCO)c1. The number of nitrogens with one attached hydrogen (secondary N) is 1. The predicted octanol–water partition coefficient (Wildman–Crippen LogP) is 1.14. The van der Waals surface area contributed by atoms with E-state index in [1.54, 1.807) is 30.5 Å². The predicted molar refractivity (Wildman–Crippen MR) is 78.0 cm³/mol. The van der Waals surface area contributed by atoms with Gasteiger partial charge in [-0.25, -0.2) is 13.1 Å². The maximum Gasteiger partial charge on any atom is 0.240 e. The summed E-state index contributed by atoms with van der Waals surface area (Å²) in [5.74, 6) is 5.88. The lowest BCUT2D eigenvalue weighted by Crippen LogP contribution is -2.25. The van der Waals surface area contributed by atoms with Gasteiger partial charge in [-0.05, 0) is 30.3 Å². The molecule has 6 heteroatoms. The number of hydrogen-bond acceptors (Lipinski definition) is 4. The third kappa shape index (κ3) is 4.46. The van der Waals surface area contributed by atoms with Crippen LogP contribution in [0, 0.1) is 11.8 Å². The zero-order chi connectivity index (χ0) is 15.1. The Morgan fingerprint density at radius 1 is 1.24 bits per heavy atom. The number of sulfonamides is 1. The summed E-state index contributed by atoms with van der Waals surface area (Å²) >= 11 is 0. The van der Waals surface area contributed by atoms with E-state index in [1.807, 2.05) is 0 Å². The average Bonchev–Trinajstić information content (AvgIpc) is 2.98. The van der Waals surface area contributed by atoms with Crippen molar-refractivity contribution < 1.29 is 17.9 Å². The van der Waals surface area contributed by atoms with E-state index in [1.165, 1.54) is 12.1 Å². The summed E-state index contributed by atoms with van der Waals surface area (Å²) in [5.41, 5.74) is 0.540. The van der Waals surface area contributed by atoms with Crippen molar-refractivity contribution in [1.29, 1.82) is 0 Å². The highest BCUT2D eigenvalue weighted by Gasteiger charge is 2.13. The highest BCUT2D eigenvalue weighted by Crippen LogP contribution is 2.11. The first-order valence-electron chi connectivity index (χ1n) is 6.34. The monoisotopic (exact) mass is 305 g/mol. The molecule has 0 aliphatic carbocycles. The number of rotatable bonds is 5. The first-order chi connectivity index (χ1) is 10.1. The van der Waals surface area contributed by atoms with Crippen molar-refractivity contribution in [3.63, 3.8) is 0 Å². The molecule has 0 atom stereocenters. The Balaban J connectivity index is 2.04. The van der Waals surface area contributed by atoms with Crippen LogP contribution in [-0.4, -0.2) is 26.7 Å². The molecular weight excluding hydrogens is 290 g/mol. The lowest BCUT2D eigenvalue weighted by Gasteiger charge is -2.06. The average molecular weight is 305 g/mol. The second-order valence-electron chi connectivity index (χ2n) is 4.21. The van der Waals surface area contributed by atoms with Crippen molar-refractivity contribution in [1.82, 2.24) is 4.72 Å². The molecule has 110 valence electrons. The molecule has 21 heavy (non-hydrogen) atoms. The van der Waals surface area contributed by atoms with Gasteiger partial charge in [0.05, 0.1) is 11.2 Å². The summed E-state index contributed by atoms with van der Waals surface area (Å²) in [7, 11) is -3.58. The van der Waals surface area contributed by atoms with Crippen LogP contribution in [0.15, 0.2) is 52.0 Å². The minimum absolute atomic E-state index is 0.145. The van der Waals surface area contributed by atoms with E-state index >= 15 is 0 Å². The molecule has 2 N–H and O–H groups in total. The van der Waals surface area contributed by atoms with Crippen molar-refractivity contribution in [3.05, 3.63) is 54.0 Å². The molecule has 2 aromatic rings. The van der Waals surface area contributed by atoms with E-state index in [0.717, 1.165) is 5.76 Å². The summed E-state index contributed by atoms with van der Waals surface area (Å²) in [6, 6.07) is 9.82. The highest BCUT2D eigenvalue weighted by molar-refractivity contribution is 7.89. The minimum atomic E-state index is -3.58. The Kier molecular flexibility index (Phi) is 5.17. The van der Waals surface area contributed by atoms with E-state index in [4.69, 9.17) is 9.52 Å². The highest BCUT2D eigenvalue weighted by atomic mass is 32.2. The van der Waals surface area contributed by atoms with E-state index < -0.39 is 10.0 Å². The van der Waals surface area contributed by atoms with Gasteiger partial charge in [0.1, 0.15) is 12.4 Å². The lowest BCUT2D eigenvalue weighted by molar-refractivity contribution is 0.350. The molecule has 0 fully saturated rings. The number of aliphatic hydroxyl groups excluding tert-OH is 1. The molecule has 0 aliphatic rings. The van der Waals surface area contributed by atoms with Gasteiger partial charge < -0.3 is 9.52 Å². The first-order valence-corrected chi connectivity index (χ1v) is 7.82. The summed E-state index contributed by atoms with van der Waals surface area (Å²) in [5, 5.41) is 8.65. The Morgan fingerprint density at radius 3 is 2.81 bits per heavy atom. The molecule has 0 unspecified atom stereocenters. The summed E-state index contributed by atoms with van der Waals surface area (Å²) in [6.07, 6.45) is 2.03. The van der Waals surface area contributed by atoms with Crippen molar-refractivity contribution in [2.24, 2.45) is 0 Å². The molecule has 0 radical (unpaired) electrons. The molecule has 1 aromatic heterocycles. The Bertz CT molecular complexity index is 739. The van der Waals surface area contributed by atoms with Crippen LogP contribution in [0.25, 0.3) is 0 Å². The smallest absolute Gasteiger partial charge is 0.240 e. The molecule has 0 saturated carbocycles. The second-order valence-corrected chi connectivity index (χ2v) is 5.98. The Morgan fingerprint density at radius 2 is 2.10 bits per heavy atom. The van der Waals surface area contributed by atoms with Gasteiger partial charge in [-0.3, -0.25) is 0 Å². The maximum absolute atomic E-state index is 12.1. The zero-order valence-electron chi connectivity index (χ0n) is 11.2. The molecule has 0 saturated heterocycles. The zero-order valence-corrected chi connectivity index (χ0v) is 12.1. The molecule has 0 spiro atoms. The van der Waals surface area contributed by atoms with E-state index in [9.17, 15) is 8.42 Å². The second kappa shape index (κ2) is 7.09. The molecule has 0 bridgehead atoms. The van der Waals surface area contributed by atoms with Crippen LogP contribution >= 0.6 is 0 Å². The van der Waals surface area contributed by atoms with E-state index in [0.29, 0.717) is 12.0 Å². The number of aliphatic hydroxyl groups is 1. The number of benzene rings is 1. The third-order valence-corrected chi connectivity index (χ3v) is 4.16. The van der Waals surface area contributed by atoms with Crippen LogP contribution in [-0.2, 0) is 16.4 Å². The standard InChI is InChI=1S/C15H15NO4S/c17-10-2-5-13-4-1-7-15(12-13)21(18,19)16-9-8-14-6-3-11-20-14/h1,3-4,6-7,11-12,16-17H,8-10H2. The summed E-state index contributed by atoms with van der Waals surface area (Å²) in [4.78, 5) is 0.145. The topological polar surface area (TPSA) is 79.5 Å². The van der Waals surface area contributed by atoms with E-state index in [-0.39, 0.29) is 18.0 Å². The Labute approximate surface area is 123 Å². The van der Waals surface area contributed by atoms with Crippen LogP contribution in [0.2, 0.25) is 0 Å². The molecule has 0 aliphatic heterocycles. The van der Waals surface area contributed by atoms with Gasteiger partial charge >= 0.3 is 0 Å². The fraction of sp³-hybridized carbons (Fsp3) is 0.200. The lowest BCUT2D eigenvalue weighted by atomic mass is 10.2. The quantitative estimate of drug-likeness (QED) is 0.812. The van der Waals surface area contributed by atoms with Crippen LogP contribution in [0.4, 0.5) is 0 Å². The van der Waals surface area contributed by atoms with Gasteiger partial charge in [-0.2, -0.15) is 0 Å². The molecular formula is C15H15NO4S. The van der Waals surface area contributed by atoms with Crippen LogP contribution < -0.4 is 4.72 Å². The van der Waals surface area contributed by atoms with Crippen molar-refractivity contribution >= 4 is 10.0 Å². The fourth-order valence-corrected chi connectivity index (χ4v) is 2.81. The third-order valence-electron chi connectivity index (χ3n) is 2.70. The van der Waals surface area contributed by atoms with Gasteiger partial charge in [0.15, 0.2) is 0 Å². The van der Waals surface area contributed by atoms with Crippen molar-refractivity contribution in [3.8, 4) is 11.8 Å². The van der Waals surface area contributed by atoms with Crippen LogP contribution in [0.1, 0.15) is 11.3 Å². The molecule has 2 rings (SSSR count). The normalized spacial score (nSPS) is 10.9. The minimum Gasteiger partial charge on any atom is -0.469 e. The van der Waals surface area contributed by atoms with Crippen LogP contribution in [0.3, 0.4) is 0 Å². The summed E-state index contributed by atoms with van der Waals surface area (Å²) < 4.78 is 31.9.